The predicted octanol–water partition coefficient (Wildman–Crippen LogP) is 4.94. The first-order chi connectivity index (χ1) is 14.5. The van der Waals surface area contributed by atoms with Crippen LogP contribution >= 0.6 is 11.6 Å². The van der Waals surface area contributed by atoms with Crippen LogP contribution in [0.1, 0.15) is 22.3 Å². The third-order valence-electron chi connectivity index (χ3n) is 4.68. The Morgan fingerprint density at radius 1 is 0.933 bits per heavy atom. The van der Waals surface area contributed by atoms with E-state index in [9.17, 15) is 14.4 Å². The van der Waals surface area contributed by atoms with Crippen molar-refractivity contribution in [2.45, 2.75) is 6.42 Å². The highest BCUT2D eigenvalue weighted by Crippen LogP contribution is 2.27. The summed E-state index contributed by atoms with van der Waals surface area (Å²) in [7, 11) is 0. The van der Waals surface area contributed by atoms with Crippen LogP contribution in [-0.2, 0) is 9.59 Å². The number of halogens is 1. The van der Waals surface area contributed by atoms with E-state index in [1.807, 2.05) is 6.07 Å². The van der Waals surface area contributed by atoms with Crippen LogP contribution in [0, 0.1) is 0 Å². The number of benzene rings is 3. The van der Waals surface area contributed by atoms with Gasteiger partial charge in [0.05, 0.1) is 12.1 Å². The van der Waals surface area contributed by atoms with Gasteiger partial charge in [0.25, 0.3) is 11.8 Å². The highest BCUT2D eigenvalue weighted by Gasteiger charge is 2.34. The summed E-state index contributed by atoms with van der Waals surface area (Å²) in [6, 6.07) is 22.5. The zero-order valence-corrected chi connectivity index (χ0v) is 16.6. The molecule has 0 spiro atoms. The number of hydrogen-bond donors (Lipinski definition) is 1. The van der Waals surface area contributed by atoms with E-state index in [0.29, 0.717) is 33.1 Å². The lowest BCUT2D eigenvalue weighted by molar-refractivity contribution is -0.120. The summed E-state index contributed by atoms with van der Waals surface area (Å²) in [5.74, 6) is -0.895. The normalized spacial score (nSPS) is 15.0. The number of nitrogens with one attached hydrogen (secondary N) is 1. The monoisotopic (exact) mass is 416 g/mol. The number of rotatable bonds is 4. The zero-order chi connectivity index (χ0) is 21.1. The molecule has 1 saturated heterocycles. The van der Waals surface area contributed by atoms with E-state index in [-0.39, 0.29) is 24.1 Å². The first kappa shape index (κ1) is 19.6. The summed E-state index contributed by atoms with van der Waals surface area (Å²) >= 11 is 5.86. The van der Waals surface area contributed by atoms with Crippen LogP contribution in [0.25, 0.3) is 6.08 Å². The Bertz CT molecular complexity index is 1150. The Morgan fingerprint density at radius 3 is 2.40 bits per heavy atom. The highest BCUT2D eigenvalue weighted by molar-refractivity contribution is 6.30. The van der Waals surface area contributed by atoms with Gasteiger partial charge >= 0.3 is 0 Å². The van der Waals surface area contributed by atoms with E-state index >= 15 is 0 Å². The van der Waals surface area contributed by atoms with Gasteiger partial charge in [0, 0.05) is 21.8 Å². The van der Waals surface area contributed by atoms with Gasteiger partial charge in [-0.05, 0) is 60.2 Å². The van der Waals surface area contributed by atoms with Crippen molar-refractivity contribution in [1.82, 2.24) is 0 Å². The molecule has 30 heavy (non-hydrogen) atoms. The number of carbonyl (C=O) groups is 3. The van der Waals surface area contributed by atoms with Gasteiger partial charge < -0.3 is 5.32 Å². The number of amides is 3. The number of anilines is 2. The van der Waals surface area contributed by atoms with Gasteiger partial charge in [-0.15, -0.1) is 0 Å². The van der Waals surface area contributed by atoms with Crippen LogP contribution in [0.4, 0.5) is 11.4 Å². The molecule has 3 aromatic carbocycles. The fourth-order valence-corrected chi connectivity index (χ4v) is 3.36. The Morgan fingerprint density at radius 2 is 1.67 bits per heavy atom. The van der Waals surface area contributed by atoms with Crippen molar-refractivity contribution in [1.29, 1.82) is 0 Å². The van der Waals surface area contributed by atoms with E-state index in [1.165, 1.54) is 4.90 Å². The minimum atomic E-state index is -0.345. The van der Waals surface area contributed by atoms with E-state index in [1.54, 1.807) is 78.9 Å². The lowest BCUT2D eigenvalue weighted by atomic mass is 10.1. The third kappa shape index (κ3) is 4.16. The maximum Gasteiger partial charge on any atom is 0.261 e. The van der Waals surface area contributed by atoms with E-state index in [4.69, 9.17) is 11.6 Å². The SMILES string of the molecule is O=C(Nc1ccc(Cl)cc1)c1cccc(/C=C2\CC(=O)N(c3ccccc3)C2=O)c1. The average molecular weight is 417 g/mol. The van der Waals surface area contributed by atoms with Gasteiger partial charge in [0.15, 0.2) is 0 Å². The summed E-state index contributed by atoms with van der Waals surface area (Å²) in [4.78, 5) is 38.9. The Hall–Kier alpha value is -3.70. The predicted molar refractivity (Wildman–Crippen MR) is 117 cm³/mol. The molecule has 0 aromatic heterocycles. The number of nitrogens with zero attached hydrogens (tertiary/aromatic N) is 1. The second-order valence-corrected chi connectivity index (χ2v) is 7.24. The molecule has 5 nitrogen and oxygen atoms in total. The highest BCUT2D eigenvalue weighted by atomic mass is 35.5. The van der Waals surface area contributed by atoms with Gasteiger partial charge in [0.2, 0.25) is 5.91 Å². The molecule has 1 aliphatic rings. The van der Waals surface area contributed by atoms with Crippen LogP contribution < -0.4 is 10.2 Å². The van der Waals surface area contributed by atoms with Crippen molar-refractivity contribution < 1.29 is 14.4 Å². The van der Waals surface area contributed by atoms with Gasteiger partial charge in [-0.3, -0.25) is 14.4 Å². The van der Waals surface area contributed by atoms with Crippen molar-refractivity contribution in [3.63, 3.8) is 0 Å². The van der Waals surface area contributed by atoms with Crippen LogP contribution in [0.15, 0.2) is 84.4 Å². The molecule has 6 heteroatoms. The van der Waals surface area contributed by atoms with Crippen molar-refractivity contribution in [2.75, 3.05) is 10.2 Å². The van der Waals surface area contributed by atoms with Crippen molar-refractivity contribution in [3.05, 3.63) is 101 Å². The van der Waals surface area contributed by atoms with Crippen molar-refractivity contribution >= 4 is 46.8 Å². The molecule has 0 radical (unpaired) electrons. The summed E-state index contributed by atoms with van der Waals surface area (Å²) in [6.07, 6.45) is 1.68. The molecule has 3 amide bonds. The lowest BCUT2D eigenvalue weighted by Crippen LogP contribution is -2.28. The molecule has 3 aromatic rings. The summed E-state index contributed by atoms with van der Waals surface area (Å²) < 4.78 is 0. The molecule has 0 bridgehead atoms. The molecular weight excluding hydrogens is 400 g/mol. The zero-order valence-electron chi connectivity index (χ0n) is 15.8. The van der Waals surface area contributed by atoms with Gasteiger partial charge in [0.1, 0.15) is 0 Å². The van der Waals surface area contributed by atoms with Gasteiger partial charge in [-0.2, -0.15) is 0 Å². The molecule has 4 rings (SSSR count). The molecular formula is C24H17ClN2O3. The topological polar surface area (TPSA) is 66.5 Å². The molecule has 148 valence electrons. The first-order valence-corrected chi connectivity index (χ1v) is 9.69. The largest absolute Gasteiger partial charge is 0.322 e. The molecule has 1 fully saturated rings. The second kappa shape index (κ2) is 8.35. The fraction of sp³-hybridized carbons (Fsp3) is 0.0417. The maximum atomic E-state index is 12.8. The number of hydrogen-bond acceptors (Lipinski definition) is 3. The third-order valence-corrected chi connectivity index (χ3v) is 4.93. The lowest BCUT2D eigenvalue weighted by Gasteiger charge is -2.12. The summed E-state index contributed by atoms with van der Waals surface area (Å²) in [5, 5.41) is 3.39. The molecule has 1 heterocycles. The molecule has 0 atom stereocenters. The smallest absolute Gasteiger partial charge is 0.261 e. The van der Waals surface area contributed by atoms with E-state index in [2.05, 4.69) is 5.32 Å². The van der Waals surface area contributed by atoms with Crippen LogP contribution in [0.5, 0.6) is 0 Å². The van der Waals surface area contributed by atoms with Crippen LogP contribution in [0.3, 0.4) is 0 Å². The standard InChI is InChI=1S/C24H17ClN2O3/c25-19-9-11-20(12-10-19)26-23(29)17-6-4-5-16(13-17)14-18-15-22(28)27(24(18)30)21-7-2-1-3-8-21/h1-14H,15H2,(H,26,29)/b18-14+. The van der Waals surface area contributed by atoms with Crippen LogP contribution in [0.2, 0.25) is 5.02 Å². The summed E-state index contributed by atoms with van der Waals surface area (Å²) in [5.41, 5.74) is 2.68. The Labute approximate surface area is 178 Å². The molecule has 1 aliphatic heterocycles. The molecule has 0 aliphatic carbocycles. The minimum Gasteiger partial charge on any atom is -0.322 e. The minimum absolute atomic E-state index is 0.0227. The van der Waals surface area contributed by atoms with E-state index < -0.39 is 0 Å². The van der Waals surface area contributed by atoms with Gasteiger partial charge in [-0.25, -0.2) is 4.90 Å². The number of carbonyl (C=O) groups excluding carboxylic acids is 3. The average Bonchev–Trinajstić information content (AvgIpc) is 3.03. The Kier molecular flexibility index (Phi) is 5.46. The quantitative estimate of drug-likeness (QED) is 0.484. The Balaban J connectivity index is 1.54. The van der Waals surface area contributed by atoms with Crippen molar-refractivity contribution in [3.8, 4) is 0 Å². The van der Waals surface area contributed by atoms with Crippen LogP contribution in [-0.4, -0.2) is 17.7 Å². The number of imide groups is 1. The molecule has 0 saturated carbocycles. The van der Waals surface area contributed by atoms with Gasteiger partial charge in [-0.1, -0.05) is 41.9 Å². The maximum absolute atomic E-state index is 12.8. The summed E-state index contributed by atoms with van der Waals surface area (Å²) in [6.45, 7) is 0. The fourth-order valence-electron chi connectivity index (χ4n) is 3.23. The molecule has 0 unspecified atom stereocenters. The second-order valence-electron chi connectivity index (χ2n) is 6.80. The molecule has 1 N–H and O–H groups in total. The number of para-hydroxylation sites is 1. The van der Waals surface area contributed by atoms with Crippen molar-refractivity contribution in [2.24, 2.45) is 0 Å². The van der Waals surface area contributed by atoms with E-state index in [0.717, 1.165) is 0 Å². The first-order valence-electron chi connectivity index (χ1n) is 9.31.